The summed E-state index contributed by atoms with van der Waals surface area (Å²) in [6.45, 7) is 3.93. The first-order valence-corrected chi connectivity index (χ1v) is 5.98. The van der Waals surface area contributed by atoms with Gasteiger partial charge in [0.25, 0.3) is 0 Å². The van der Waals surface area contributed by atoms with Crippen molar-refractivity contribution in [3.63, 3.8) is 0 Å². The van der Waals surface area contributed by atoms with Crippen LogP contribution in [-0.2, 0) is 10.2 Å². The highest BCUT2D eigenvalue weighted by Gasteiger charge is 2.42. The maximum absolute atomic E-state index is 12.2. The fraction of sp³-hybridized carbons (Fsp3) is 0.267. The molecule has 2 heterocycles. The average Bonchev–Trinajstić information content (AvgIpc) is 2.94. The highest BCUT2D eigenvalue weighted by Crippen LogP contribution is 2.42. The molecule has 0 fully saturated rings. The lowest BCUT2D eigenvalue weighted by Crippen LogP contribution is -2.33. The number of amides is 1. The van der Waals surface area contributed by atoms with Crippen molar-refractivity contribution < 1.29 is 9.21 Å². The van der Waals surface area contributed by atoms with Crippen molar-refractivity contribution in [1.29, 1.82) is 0 Å². The van der Waals surface area contributed by atoms with E-state index in [1.54, 1.807) is 11.2 Å². The molecule has 0 radical (unpaired) electrons. The molecule has 1 aliphatic rings. The van der Waals surface area contributed by atoms with Gasteiger partial charge in [0.2, 0.25) is 5.91 Å². The summed E-state index contributed by atoms with van der Waals surface area (Å²) < 4.78 is 5.39. The Balaban J connectivity index is 2.17. The minimum atomic E-state index is -0.439. The van der Waals surface area contributed by atoms with Crippen LogP contribution in [0.1, 0.15) is 19.4 Å². The van der Waals surface area contributed by atoms with E-state index in [2.05, 4.69) is 0 Å². The quantitative estimate of drug-likeness (QED) is 0.768. The summed E-state index contributed by atoms with van der Waals surface area (Å²) in [6, 6.07) is 9.83. The molecule has 0 unspecified atom stereocenters. The third-order valence-electron chi connectivity index (χ3n) is 3.68. The van der Waals surface area contributed by atoms with E-state index >= 15 is 0 Å². The molecular formula is C15H15NO2. The highest BCUT2D eigenvalue weighted by atomic mass is 16.3. The minimum absolute atomic E-state index is 0.133. The highest BCUT2D eigenvalue weighted by molar-refractivity contribution is 6.07. The van der Waals surface area contributed by atoms with E-state index in [4.69, 9.17) is 4.42 Å². The number of hydrogen-bond donors (Lipinski definition) is 0. The molecule has 1 aromatic carbocycles. The fourth-order valence-corrected chi connectivity index (χ4v) is 2.58. The summed E-state index contributed by atoms with van der Waals surface area (Å²) in [7, 11) is 1.82. The van der Waals surface area contributed by atoms with E-state index in [1.165, 1.54) is 0 Å². The zero-order valence-corrected chi connectivity index (χ0v) is 10.7. The Morgan fingerprint density at radius 3 is 2.67 bits per heavy atom. The Morgan fingerprint density at radius 2 is 2.00 bits per heavy atom. The summed E-state index contributed by atoms with van der Waals surface area (Å²) in [5, 5.41) is 0. The van der Waals surface area contributed by atoms with Crippen LogP contribution >= 0.6 is 0 Å². The minimum Gasteiger partial charge on any atom is -0.464 e. The third-order valence-corrected chi connectivity index (χ3v) is 3.68. The molecule has 3 nitrogen and oxygen atoms in total. The predicted octanol–water partition coefficient (Wildman–Crippen LogP) is 3.20. The van der Waals surface area contributed by atoms with Crippen molar-refractivity contribution in [3.8, 4) is 11.3 Å². The Labute approximate surface area is 106 Å². The molecule has 0 atom stereocenters. The number of furan rings is 1. The Hall–Kier alpha value is -2.03. The van der Waals surface area contributed by atoms with Crippen LogP contribution in [0.3, 0.4) is 0 Å². The smallest absolute Gasteiger partial charge is 0.236 e. The molecule has 1 aliphatic heterocycles. The zero-order chi connectivity index (χ0) is 12.9. The van der Waals surface area contributed by atoms with Crippen LogP contribution in [-0.4, -0.2) is 13.0 Å². The molecule has 0 bridgehead atoms. The number of hydrogen-bond acceptors (Lipinski definition) is 2. The van der Waals surface area contributed by atoms with Gasteiger partial charge in [-0.25, -0.2) is 0 Å². The van der Waals surface area contributed by atoms with Gasteiger partial charge in [-0.2, -0.15) is 0 Å². The van der Waals surface area contributed by atoms with E-state index < -0.39 is 5.41 Å². The van der Waals surface area contributed by atoms with Gasteiger partial charge in [-0.05, 0) is 37.6 Å². The van der Waals surface area contributed by atoms with Crippen molar-refractivity contribution in [2.75, 3.05) is 11.9 Å². The molecule has 0 aliphatic carbocycles. The zero-order valence-electron chi connectivity index (χ0n) is 10.7. The number of benzene rings is 1. The molecule has 0 N–H and O–H groups in total. The molecule has 1 amide bonds. The van der Waals surface area contributed by atoms with E-state index in [-0.39, 0.29) is 5.91 Å². The number of likely N-dealkylation sites (N-methyl/N-ethyl adjacent to an activating group) is 1. The van der Waals surface area contributed by atoms with E-state index in [0.717, 1.165) is 22.6 Å². The summed E-state index contributed by atoms with van der Waals surface area (Å²) in [5.74, 6) is 0.956. The first-order valence-electron chi connectivity index (χ1n) is 5.98. The molecule has 1 aromatic heterocycles. The maximum Gasteiger partial charge on any atom is 0.236 e. The first kappa shape index (κ1) is 11.1. The van der Waals surface area contributed by atoms with Crippen LogP contribution < -0.4 is 4.90 Å². The molecule has 3 rings (SSSR count). The number of nitrogens with zero attached hydrogens (tertiary/aromatic N) is 1. The second kappa shape index (κ2) is 3.48. The number of anilines is 1. The van der Waals surface area contributed by atoms with Crippen LogP contribution in [0.25, 0.3) is 11.3 Å². The van der Waals surface area contributed by atoms with Gasteiger partial charge >= 0.3 is 0 Å². The number of rotatable bonds is 1. The predicted molar refractivity (Wildman–Crippen MR) is 70.6 cm³/mol. The van der Waals surface area contributed by atoms with Crippen molar-refractivity contribution in [2.45, 2.75) is 19.3 Å². The van der Waals surface area contributed by atoms with E-state index in [9.17, 15) is 4.79 Å². The molecule has 3 heteroatoms. The maximum atomic E-state index is 12.2. The molecule has 92 valence electrons. The van der Waals surface area contributed by atoms with Crippen molar-refractivity contribution >= 4 is 11.6 Å². The Morgan fingerprint density at radius 1 is 1.22 bits per heavy atom. The largest absolute Gasteiger partial charge is 0.464 e. The van der Waals surface area contributed by atoms with Gasteiger partial charge < -0.3 is 9.32 Å². The van der Waals surface area contributed by atoms with Gasteiger partial charge in [0.05, 0.1) is 11.7 Å². The number of fused-ring (bicyclic) bond motifs is 1. The molecule has 0 spiro atoms. The standard InChI is InChI=1S/C15H15NO2/c1-15(2)11-7-6-10(13-5-4-8-18-13)9-12(11)16(3)14(15)17/h4-9H,1-3H3. The monoisotopic (exact) mass is 241 g/mol. The van der Waals surface area contributed by atoms with Gasteiger partial charge in [0, 0.05) is 18.3 Å². The SMILES string of the molecule is CN1C(=O)C(C)(C)c2ccc(-c3ccco3)cc21. The topological polar surface area (TPSA) is 33.5 Å². The Kier molecular flexibility index (Phi) is 2.14. The van der Waals surface area contributed by atoms with Gasteiger partial charge in [-0.1, -0.05) is 12.1 Å². The summed E-state index contributed by atoms with van der Waals surface area (Å²) >= 11 is 0. The van der Waals surface area contributed by atoms with Crippen LogP contribution in [0.15, 0.2) is 41.0 Å². The van der Waals surface area contributed by atoms with Crippen molar-refractivity contribution in [1.82, 2.24) is 0 Å². The van der Waals surface area contributed by atoms with Crippen LogP contribution in [0.2, 0.25) is 0 Å². The lowest BCUT2D eigenvalue weighted by Gasteiger charge is -2.16. The van der Waals surface area contributed by atoms with Gasteiger partial charge in [-0.3, -0.25) is 4.79 Å². The second-order valence-corrected chi connectivity index (χ2v) is 5.20. The van der Waals surface area contributed by atoms with Crippen molar-refractivity contribution in [3.05, 3.63) is 42.2 Å². The fourth-order valence-electron chi connectivity index (χ4n) is 2.58. The summed E-state index contributed by atoms with van der Waals surface area (Å²) in [6.07, 6.45) is 1.65. The van der Waals surface area contributed by atoms with Gasteiger partial charge in [0.15, 0.2) is 0 Å². The number of carbonyl (C=O) groups is 1. The lowest BCUT2D eigenvalue weighted by atomic mass is 9.86. The molecule has 18 heavy (non-hydrogen) atoms. The summed E-state index contributed by atoms with van der Waals surface area (Å²) in [4.78, 5) is 13.9. The normalized spacial score (nSPS) is 17.1. The summed E-state index contributed by atoms with van der Waals surface area (Å²) in [5.41, 5.74) is 2.60. The molecular weight excluding hydrogens is 226 g/mol. The number of carbonyl (C=O) groups excluding carboxylic acids is 1. The van der Waals surface area contributed by atoms with Crippen LogP contribution in [0, 0.1) is 0 Å². The molecule has 2 aromatic rings. The van der Waals surface area contributed by atoms with Crippen LogP contribution in [0.5, 0.6) is 0 Å². The third kappa shape index (κ3) is 1.33. The lowest BCUT2D eigenvalue weighted by molar-refractivity contribution is -0.121. The van der Waals surface area contributed by atoms with Crippen LogP contribution in [0.4, 0.5) is 5.69 Å². The average molecular weight is 241 g/mol. The van der Waals surface area contributed by atoms with Gasteiger partial charge in [-0.15, -0.1) is 0 Å². The van der Waals surface area contributed by atoms with Gasteiger partial charge in [0.1, 0.15) is 5.76 Å². The first-order chi connectivity index (χ1) is 8.51. The van der Waals surface area contributed by atoms with E-state index in [0.29, 0.717) is 0 Å². The molecule has 0 saturated heterocycles. The Bertz CT molecular complexity index is 611. The second-order valence-electron chi connectivity index (χ2n) is 5.20. The van der Waals surface area contributed by atoms with Crippen molar-refractivity contribution in [2.24, 2.45) is 0 Å². The molecule has 0 saturated carbocycles. The van der Waals surface area contributed by atoms with E-state index in [1.807, 2.05) is 51.2 Å².